The molecule has 9 heteroatoms. The standard InChI is InChI=1S/C19H23N5O3S/c1-5-27-17(25)15-14(9-28-19-20-10-21-24(19)4)22-18(26)23-16(15)13-7-6-11(2)8-12(13)3/h6-8,10,16H,5,9H2,1-4H3,(H2,22,23,26)/t16-/m1/s1. The lowest BCUT2D eigenvalue weighted by Crippen LogP contribution is -2.46. The van der Waals surface area contributed by atoms with Gasteiger partial charge in [0.15, 0.2) is 5.16 Å². The number of hydrogen-bond donors (Lipinski definition) is 2. The van der Waals surface area contributed by atoms with Crippen LogP contribution in [-0.2, 0) is 16.6 Å². The van der Waals surface area contributed by atoms with Crippen LogP contribution in [0.15, 0.2) is 41.0 Å². The Morgan fingerprint density at radius 3 is 2.79 bits per heavy atom. The normalized spacial score (nSPS) is 16.6. The Labute approximate surface area is 167 Å². The first-order valence-corrected chi connectivity index (χ1v) is 9.90. The van der Waals surface area contributed by atoms with E-state index in [1.54, 1.807) is 18.7 Å². The summed E-state index contributed by atoms with van der Waals surface area (Å²) in [6.45, 7) is 5.98. The predicted molar refractivity (Wildman–Crippen MR) is 106 cm³/mol. The number of amides is 2. The number of nitrogens with one attached hydrogen (secondary N) is 2. The van der Waals surface area contributed by atoms with Crippen LogP contribution >= 0.6 is 11.8 Å². The number of aromatic nitrogens is 3. The molecule has 1 aliphatic rings. The molecule has 0 aliphatic carbocycles. The molecule has 3 rings (SSSR count). The zero-order valence-corrected chi connectivity index (χ0v) is 17.1. The lowest BCUT2D eigenvalue weighted by Gasteiger charge is -2.30. The fourth-order valence-corrected chi connectivity index (χ4v) is 3.97. The first-order valence-electron chi connectivity index (χ1n) is 8.92. The third-order valence-corrected chi connectivity index (χ3v) is 5.46. The molecule has 148 valence electrons. The molecule has 0 bridgehead atoms. The van der Waals surface area contributed by atoms with Crippen LogP contribution in [0.1, 0.15) is 29.7 Å². The van der Waals surface area contributed by atoms with Gasteiger partial charge in [0, 0.05) is 18.5 Å². The fourth-order valence-electron chi connectivity index (χ4n) is 3.12. The van der Waals surface area contributed by atoms with Crippen molar-refractivity contribution in [1.82, 2.24) is 25.4 Å². The zero-order valence-electron chi connectivity index (χ0n) is 16.3. The molecule has 28 heavy (non-hydrogen) atoms. The van der Waals surface area contributed by atoms with E-state index < -0.39 is 12.0 Å². The highest BCUT2D eigenvalue weighted by Gasteiger charge is 2.34. The van der Waals surface area contributed by atoms with Crippen LogP contribution in [0.4, 0.5) is 4.79 Å². The van der Waals surface area contributed by atoms with Gasteiger partial charge in [0.25, 0.3) is 0 Å². The van der Waals surface area contributed by atoms with Gasteiger partial charge in [-0.05, 0) is 31.9 Å². The fraction of sp³-hybridized carbons (Fsp3) is 0.368. The predicted octanol–water partition coefficient (Wildman–Crippen LogP) is 2.40. The van der Waals surface area contributed by atoms with E-state index in [-0.39, 0.29) is 12.6 Å². The summed E-state index contributed by atoms with van der Waals surface area (Å²) in [4.78, 5) is 29.3. The molecule has 1 aromatic heterocycles. The summed E-state index contributed by atoms with van der Waals surface area (Å²) < 4.78 is 6.93. The summed E-state index contributed by atoms with van der Waals surface area (Å²) in [5, 5.41) is 10.4. The highest BCUT2D eigenvalue weighted by atomic mass is 32.2. The average molecular weight is 401 g/mol. The average Bonchev–Trinajstić information content (AvgIpc) is 3.04. The molecule has 2 aromatic rings. The van der Waals surface area contributed by atoms with Gasteiger partial charge >= 0.3 is 12.0 Å². The van der Waals surface area contributed by atoms with Gasteiger partial charge in [-0.1, -0.05) is 35.5 Å². The molecule has 0 saturated carbocycles. The van der Waals surface area contributed by atoms with E-state index in [1.807, 2.05) is 32.0 Å². The van der Waals surface area contributed by atoms with Crippen LogP contribution in [0.25, 0.3) is 0 Å². The number of carbonyl (C=O) groups excluding carboxylic acids is 2. The number of nitrogens with zero attached hydrogens (tertiary/aromatic N) is 3. The third kappa shape index (κ3) is 4.19. The number of carbonyl (C=O) groups is 2. The Morgan fingerprint density at radius 2 is 2.14 bits per heavy atom. The summed E-state index contributed by atoms with van der Waals surface area (Å²) >= 11 is 1.39. The SMILES string of the molecule is CCOC(=O)C1=C(CSc2ncnn2C)NC(=O)N[C@@H]1c1ccc(C)cc1C. The van der Waals surface area contributed by atoms with Gasteiger partial charge in [-0.25, -0.2) is 19.3 Å². The van der Waals surface area contributed by atoms with E-state index in [1.165, 1.54) is 18.1 Å². The smallest absolute Gasteiger partial charge is 0.338 e. The van der Waals surface area contributed by atoms with Crippen molar-refractivity contribution in [2.75, 3.05) is 12.4 Å². The van der Waals surface area contributed by atoms with Crippen molar-refractivity contribution in [2.45, 2.75) is 32.0 Å². The van der Waals surface area contributed by atoms with Gasteiger partial charge in [0.1, 0.15) is 6.33 Å². The molecule has 8 nitrogen and oxygen atoms in total. The van der Waals surface area contributed by atoms with Crippen LogP contribution in [-0.4, -0.2) is 39.1 Å². The lowest BCUT2D eigenvalue weighted by molar-refractivity contribution is -0.139. The molecule has 0 spiro atoms. The van der Waals surface area contributed by atoms with Crippen molar-refractivity contribution in [3.63, 3.8) is 0 Å². The molecule has 1 aromatic carbocycles. The molecule has 0 radical (unpaired) electrons. The number of thioether (sulfide) groups is 1. The summed E-state index contributed by atoms with van der Waals surface area (Å²) in [6.07, 6.45) is 1.46. The summed E-state index contributed by atoms with van der Waals surface area (Å²) in [5.41, 5.74) is 3.89. The van der Waals surface area contributed by atoms with Crippen molar-refractivity contribution in [2.24, 2.45) is 7.05 Å². The number of benzene rings is 1. The Morgan fingerprint density at radius 1 is 1.36 bits per heavy atom. The summed E-state index contributed by atoms with van der Waals surface area (Å²) in [5.74, 6) is -0.0938. The van der Waals surface area contributed by atoms with Gasteiger partial charge in [-0.15, -0.1) is 0 Å². The molecule has 0 unspecified atom stereocenters. The van der Waals surface area contributed by atoms with E-state index in [0.717, 1.165) is 16.7 Å². The van der Waals surface area contributed by atoms with Gasteiger partial charge < -0.3 is 15.4 Å². The minimum absolute atomic E-state index is 0.250. The number of aryl methyl sites for hydroxylation is 3. The van der Waals surface area contributed by atoms with E-state index in [0.29, 0.717) is 22.2 Å². The van der Waals surface area contributed by atoms with Crippen molar-refractivity contribution in [1.29, 1.82) is 0 Å². The molecular formula is C19H23N5O3S. The maximum absolute atomic E-state index is 12.8. The van der Waals surface area contributed by atoms with Crippen LogP contribution in [0, 0.1) is 13.8 Å². The first kappa shape index (κ1) is 19.9. The highest BCUT2D eigenvalue weighted by Crippen LogP contribution is 2.32. The van der Waals surface area contributed by atoms with Crippen molar-refractivity contribution >= 4 is 23.8 Å². The van der Waals surface area contributed by atoms with Gasteiger partial charge in [-0.3, -0.25) is 0 Å². The number of rotatable bonds is 6. The van der Waals surface area contributed by atoms with Crippen molar-refractivity contribution in [3.05, 3.63) is 52.5 Å². The molecule has 2 heterocycles. The van der Waals surface area contributed by atoms with E-state index in [2.05, 4.69) is 20.7 Å². The second kappa shape index (κ2) is 8.47. The number of ether oxygens (including phenoxy) is 1. The maximum atomic E-state index is 12.8. The number of urea groups is 1. The molecule has 1 aliphatic heterocycles. The van der Waals surface area contributed by atoms with Crippen LogP contribution in [0.3, 0.4) is 0 Å². The Kier molecular flexibility index (Phi) is 6.03. The first-order chi connectivity index (χ1) is 13.4. The Balaban J connectivity index is 2.02. The van der Waals surface area contributed by atoms with Crippen molar-refractivity contribution in [3.8, 4) is 0 Å². The van der Waals surface area contributed by atoms with Crippen LogP contribution in [0.2, 0.25) is 0 Å². The number of hydrogen-bond acceptors (Lipinski definition) is 6. The monoisotopic (exact) mass is 401 g/mol. The summed E-state index contributed by atoms with van der Waals surface area (Å²) in [6, 6.07) is 5.00. The zero-order chi connectivity index (χ0) is 20.3. The topological polar surface area (TPSA) is 98.1 Å². The second-order valence-electron chi connectivity index (χ2n) is 6.46. The second-order valence-corrected chi connectivity index (χ2v) is 7.40. The minimum Gasteiger partial charge on any atom is -0.463 e. The Hall–Kier alpha value is -2.81. The van der Waals surface area contributed by atoms with E-state index >= 15 is 0 Å². The molecule has 0 fully saturated rings. The molecule has 2 amide bonds. The minimum atomic E-state index is -0.580. The van der Waals surface area contributed by atoms with E-state index in [4.69, 9.17) is 4.74 Å². The maximum Gasteiger partial charge on any atom is 0.338 e. The van der Waals surface area contributed by atoms with Crippen molar-refractivity contribution < 1.29 is 14.3 Å². The van der Waals surface area contributed by atoms with Gasteiger partial charge in [0.05, 0.1) is 18.2 Å². The molecule has 1 atom stereocenters. The van der Waals surface area contributed by atoms with Crippen LogP contribution in [0.5, 0.6) is 0 Å². The van der Waals surface area contributed by atoms with Gasteiger partial charge in [0.2, 0.25) is 0 Å². The van der Waals surface area contributed by atoms with E-state index in [9.17, 15) is 9.59 Å². The quantitative estimate of drug-likeness (QED) is 0.570. The third-order valence-electron chi connectivity index (χ3n) is 4.40. The highest BCUT2D eigenvalue weighted by molar-refractivity contribution is 7.99. The molecule has 2 N–H and O–H groups in total. The lowest BCUT2D eigenvalue weighted by atomic mass is 9.91. The Bertz CT molecular complexity index is 937. The molecular weight excluding hydrogens is 378 g/mol. The summed E-state index contributed by atoms with van der Waals surface area (Å²) in [7, 11) is 1.79. The largest absolute Gasteiger partial charge is 0.463 e. The van der Waals surface area contributed by atoms with Gasteiger partial charge in [-0.2, -0.15) is 5.10 Å². The van der Waals surface area contributed by atoms with Crippen LogP contribution < -0.4 is 10.6 Å². The number of esters is 1. The molecule has 0 saturated heterocycles.